The maximum Gasteiger partial charge on any atom is 0.0566 e. The molecule has 0 aliphatic carbocycles. The minimum atomic E-state index is -0.170. The van der Waals surface area contributed by atoms with Crippen LogP contribution in [0.25, 0.3) is 0 Å². The molecular formula is C13H20O. The second-order valence-electron chi connectivity index (χ2n) is 4.14. The fourth-order valence-corrected chi connectivity index (χ4v) is 1.63. The topological polar surface area (TPSA) is 20.2 Å². The van der Waals surface area contributed by atoms with Crippen molar-refractivity contribution in [3.05, 3.63) is 35.4 Å². The average molecular weight is 192 g/mol. The van der Waals surface area contributed by atoms with Crippen molar-refractivity contribution in [1.29, 1.82) is 0 Å². The smallest absolute Gasteiger partial charge is 0.0566 e. The highest BCUT2D eigenvalue weighted by atomic mass is 16.3. The van der Waals surface area contributed by atoms with Gasteiger partial charge in [0.15, 0.2) is 0 Å². The van der Waals surface area contributed by atoms with Gasteiger partial charge < -0.3 is 5.11 Å². The van der Waals surface area contributed by atoms with Gasteiger partial charge in [-0.1, -0.05) is 43.7 Å². The highest BCUT2D eigenvalue weighted by Crippen LogP contribution is 2.14. The van der Waals surface area contributed by atoms with Crippen LogP contribution in [0.4, 0.5) is 0 Å². The minimum absolute atomic E-state index is 0.170. The Morgan fingerprint density at radius 3 is 2.29 bits per heavy atom. The van der Waals surface area contributed by atoms with Crippen LogP contribution >= 0.6 is 0 Å². The van der Waals surface area contributed by atoms with E-state index in [-0.39, 0.29) is 6.10 Å². The zero-order chi connectivity index (χ0) is 10.6. The highest BCUT2D eigenvalue weighted by Gasteiger charge is 2.12. The van der Waals surface area contributed by atoms with Crippen molar-refractivity contribution >= 4 is 0 Å². The molecule has 1 N–H and O–H groups in total. The monoisotopic (exact) mass is 192 g/mol. The minimum Gasteiger partial charge on any atom is -0.393 e. The molecule has 0 aliphatic heterocycles. The van der Waals surface area contributed by atoms with Gasteiger partial charge in [-0.05, 0) is 31.2 Å². The number of aliphatic hydroxyl groups is 1. The van der Waals surface area contributed by atoms with E-state index < -0.39 is 0 Å². The normalized spacial score (nSPS) is 15.1. The van der Waals surface area contributed by atoms with Crippen LogP contribution in [0.2, 0.25) is 0 Å². The molecule has 2 unspecified atom stereocenters. The summed E-state index contributed by atoms with van der Waals surface area (Å²) >= 11 is 0. The van der Waals surface area contributed by atoms with Crippen LogP contribution in [0.15, 0.2) is 24.3 Å². The Bertz CT molecular complexity index is 263. The fraction of sp³-hybridized carbons (Fsp3) is 0.538. The summed E-state index contributed by atoms with van der Waals surface area (Å²) in [7, 11) is 0. The first kappa shape index (κ1) is 11.3. The van der Waals surface area contributed by atoms with Crippen molar-refractivity contribution in [2.24, 2.45) is 5.92 Å². The van der Waals surface area contributed by atoms with E-state index in [0.717, 1.165) is 12.8 Å². The SMILES string of the molecule is CCC(O)C(C)Cc1ccc(C)cc1. The molecule has 0 heterocycles. The van der Waals surface area contributed by atoms with Crippen LogP contribution in [-0.2, 0) is 6.42 Å². The summed E-state index contributed by atoms with van der Waals surface area (Å²) in [5.41, 5.74) is 2.60. The number of aryl methyl sites for hydroxylation is 1. The van der Waals surface area contributed by atoms with E-state index in [1.807, 2.05) is 6.92 Å². The average Bonchev–Trinajstić information content (AvgIpc) is 2.20. The maximum atomic E-state index is 9.64. The Balaban J connectivity index is 2.56. The van der Waals surface area contributed by atoms with Gasteiger partial charge in [-0.15, -0.1) is 0 Å². The number of hydrogen-bond donors (Lipinski definition) is 1. The summed E-state index contributed by atoms with van der Waals surface area (Å²) in [6, 6.07) is 8.54. The Kier molecular flexibility index (Phi) is 4.15. The van der Waals surface area contributed by atoms with Gasteiger partial charge in [-0.25, -0.2) is 0 Å². The molecule has 1 aromatic rings. The Morgan fingerprint density at radius 1 is 1.21 bits per heavy atom. The summed E-state index contributed by atoms with van der Waals surface area (Å²) in [5, 5.41) is 9.64. The molecule has 0 aliphatic rings. The first-order valence-electron chi connectivity index (χ1n) is 5.37. The van der Waals surface area contributed by atoms with E-state index in [9.17, 15) is 5.11 Å². The lowest BCUT2D eigenvalue weighted by Gasteiger charge is -2.17. The molecule has 1 rings (SSSR count). The fourth-order valence-electron chi connectivity index (χ4n) is 1.63. The largest absolute Gasteiger partial charge is 0.393 e. The third-order valence-electron chi connectivity index (χ3n) is 2.75. The molecule has 1 aromatic carbocycles. The molecule has 0 spiro atoms. The third kappa shape index (κ3) is 3.15. The summed E-state index contributed by atoms with van der Waals surface area (Å²) in [6.07, 6.45) is 1.64. The van der Waals surface area contributed by atoms with Crippen molar-refractivity contribution in [1.82, 2.24) is 0 Å². The van der Waals surface area contributed by atoms with Gasteiger partial charge in [0.2, 0.25) is 0 Å². The lowest BCUT2D eigenvalue weighted by molar-refractivity contribution is 0.113. The van der Waals surface area contributed by atoms with Crippen molar-refractivity contribution in [2.45, 2.75) is 39.7 Å². The van der Waals surface area contributed by atoms with E-state index in [2.05, 4.69) is 38.1 Å². The lowest BCUT2D eigenvalue weighted by Crippen LogP contribution is -2.18. The zero-order valence-corrected chi connectivity index (χ0v) is 9.33. The molecule has 2 atom stereocenters. The first-order valence-corrected chi connectivity index (χ1v) is 5.37. The van der Waals surface area contributed by atoms with Gasteiger partial charge in [-0.2, -0.15) is 0 Å². The van der Waals surface area contributed by atoms with Gasteiger partial charge >= 0.3 is 0 Å². The van der Waals surface area contributed by atoms with E-state index in [1.165, 1.54) is 11.1 Å². The number of rotatable bonds is 4. The van der Waals surface area contributed by atoms with Gasteiger partial charge in [-0.3, -0.25) is 0 Å². The molecule has 78 valence electrons. The zero-order valence-electron chi connectivity index (χ0n) is 9.33. The van der Waals surface area contributed by atoms with Gasteiger partial charge in [0, 0.05) is 0 Å². The number of hydrogen-bond acceptors (Lipinski definition) is 1. The van der Waals surface area contributed by atoms with Gasteiger partial charge in [0.05, 0.1) is 6.10 Å². The second-order valence-corrected chi connectivity index (χ2v) is 4.14. The second kappa shape index (κ2) is 5.16. The number of aliphatic hydroxyl groups excluding tert-OH is 1. The van der Waals surface area contributed by atoms with Crippen LogP contribution in [0.1, 0.15) is 31.4 Å². The first-order chi connectivity index (χ1) is 6.63. The third-order valence-corrected chi connectivity index (χ3v) is 2.75. The molecule has 0 saturated carbocycles. The van der Waals surface area contributed by atoms with Crippen LogP contribution in [0.3, 0.4) is 0 Å². The van der Waals surface area contributed by atoms with Crippen LogP contribution in [-0.4, -0.2) is 11.2 Å². The van der Waals surface area contributed by atoms with Crippen LogP contribution < -0.4 is 0 Å². The molecule has 1 nitrogen and oxygen atoms in total. The summed E-state index contributed by atoms with van der Waals surface area (Å²) in [5.74, 6) is 0.350. The van der Waals surface area contributed by atoms with E-state index in [1.54, 1.807) is 0 Å². The quantitative estimate of drug-likeness (QED) is 0.777. The maximum absolute atomic E-state index is 9.64. The summed E-state index contributed by atoms with van der Waals surface area (Å²) in [4.78, 5) is 0. The highest BCUT2D eigenvalue weighted by molar-refractivity contribution is 5.21. The Morgan fingerprint density at radius 2 is 1.79 bits per heavy atom. The van der Waals surface area contributed by atoms with Crippen molar-refractivity contribution in [3.63, 3.8) is 0 Å². The molecular weight excluding hydrogens is 172 g/mol. The molecule has 0 amide bonds. The standard InChI is InChI=1S/C13H20O/c1-4-13(14)11(3)9-12-7-5-10(2)6-8-12/h5-8,11,13-14H,4,9H2,1-3H3. The van der Waals surface area contributed by atoms with Crippen molar-refractivity contribution in [3.8, 4) is 0 Å². The van der Waals surface area contributed by atoms with E-state index in [0.29, 0.717) is 5.92 Å². The molecule has 14 heavy (non-hydrogen) atoms. The Hall–Kier alpha value is -0.820. The van der Waals surface area contributed by atoms with Gasteiger partial charge in [0.1, 0.15) is 0 Å². The molecule has 0 radical (unpaired) electrons. The molecule has 0 fully saturated rings. The van der Waals surface area contributed by atoms with Crippen molar-refractivity contribution in [2.75, 3.05) is 0 Å². The Labute approximate surface area is 86.8 Å². The van der Waals surface area contributed by atoms with Crippen molar-refractivity contribution < 1.29 is 5.11 Å². The molecule has 0 aromatic heterocycles. The summed E-state index contributed by atoms with van der Waals surface area (Å²) < 4.78 is 0. The lowest BCUT2D eigenvalue weighted by atomic mass is 9.94. The molecule has 0 bridgehead atoms. The molecule has 1 heteroatoms. The van der Waals surface area contributed by atoms with Crippen LogP contribution in [0, 0.1) is 12.8 Å². The van der Waals surface area contributed by atoms with E-state index in [4.69, 9.17) is 0 Å². The predicted octanol–water partition coefficient (Wildman–Crippen LogP) is 2.94. The molecule has 0 saturated heterocycles. The summed E-state index contributed by atoms with van der Waals surface area (Å²) in [6.45, 7) is 6.22. The van der Waals surface area contributed by atoms with Gasteiger partial charge in [0.25, 0.3) is 0 Å². The predicted molar refractivity (Wildman–Crippen MR) is 60.3 cm³/mol. The number of benzene rings is 1. The van der Waals surface area contributed by atoms with E-state index >= 15 is 0 Å². The van der Waals surface area contributed by atoms with Crippen LogP contribution in [0.5, 0.6) is 0 Å².